The zero-order valence-corrected chi connectivity index (χ0v) is 9.06. The van der Waals surface area contributed by atoms with Gasteiger partial charge in [0, 0.05) is 17.7 Å². The number of hydrogen-bond acceptors (Lipinski definition) is 4. The third-order valence-corrected chi connectivity index (χ3v) is 1.87. The zero-order chi connectivity index (χ0) is 11.5. The molecule has 15 heavy (non-hydrogen) atoms. The highest BCUT2D eigenvalue weighted by Gasteiger charge is 2.17. The van der Waals surface area contributed by atoms with E-state index in [9.17, 15) is 9.90 Å². The van der Waals surface area contributed by atoms with Gasteiger partial charge in [-0.25, -0.2) is 9.97 Å². The molecular formula is C11H14N2O2. The molecule has 1 aromatic heterocycles. The van der Waals surface area contributed by atoms with Crippen molar-refractivity contribution >= 4 is 5.78 Å². The molecule has 0 spiro atoms. The van der Waals surface area contributed by atoms with E-state index in [2.05, 4.69) is 9.97 Å². The third-order valence-electron chi connectivity index (χ3n) is 1.87. The lowest BCUT2D eigenvalue weighted by molar-refractivity contribution is 0.103. The van der Waals surface area contributed by atoms with Crippen LogP contribution in [-0.4, -0.2) is 20.9 Å². The highest BCUT2D eigenvalue weighted by Crippen LogP contribution is 2.22. The fourth-order valence-electron chi connectivity index (χ4n) is 0.851. The van der Waals surface area contributed by atoms with Crippen LogP contribution in [0, 0.1) is 5.41 Å². The van der Waals surface area contributed by atoms with E-state index in [4.69, 9.17) is 0 Å². The molecule has 0 amide bonds. The molecule has 0 bridgehead atoms. The SMILES string of the molecule is CC(C)(C)/C(O)=C/C(=O)c1ccncn1. The van der Waals surface area contributed by atoms with Crippen LogP contribution >= 0.6 is 0 Å². The molecule has 4 nitrogen and oxygen atoms in total. The van der Waals surface area contributed by atoms with Gasteiger partial charge in [-0.1, -0.05) is 20.8 Å². The minimum Gasteiger partial charge on any atom is -0.512 e. The first-order chi connectivity index (χ1) is 6.91. The average molecular weight is 206 g/mol. The van der Waals surface area contributed by atoms with E-state index in [1.807, 2.05) is 20.8 Å². The van der Waals surface area contributed by atoms with Crippen molar-refractivity contribution in [3.8, 4) is 0 Å². The van der Waals surface area contributed by atoms with Crippen LogP contribution in [0.1, 0.15) is 31.3 Å². The Bertz CT molecular complexity index is 377. The van der Waals surface area contributed by atoms with Crippen molar-refractivity contribution in [2.75, 3.05) is 0 Å². The van der Waals surface area contributed by atoms with Crippen molar-refractivity contribution < 1.29 is 9.90 Å². The zero-order valence-electron chi connectivity index (χ0n) is 9.06. The van der Waals surface area contributed by atoms with Gasteiger partial charge >= 0.3 is 0 Å². The smallest absolute Gasteiger partial charge is 0.207 e. The Labute approximate surface area is 88.7 Å². The lowest BCUT2D eigenvalue weighted by Crippen LogP contribution is -2.11. The predicted octanol–water partition coefficient (Wildman–Crippen LogP) is 2.15. The topological polar surface area (TPSA) is 63.1 Å². The maximum absolute atomic E-state index is 11.6. The summed E-state index contributed by atoms with van der Waals surface area (Å²) in [6.07, 6.45) is 3.99. The normalized spacial score (nSPS) is 12.6. The van der Waals surface area contributed by atoms with E-state index in [0.29, 0.717) is 0 Å². The number of allylic oxidation sites excluding steroid dienone is 2. The first-order valence-corrected chi connectivity index (χ1v) is 4.63. The van der Waals surface area contributed by atoms with Crippen molar-refractivity contribution in [1.82, 2.24) is 9.97 Å². The van der Waals surface area contributed by atoms with Crippen LogP contribution in [0.15, 0.2) is 30.4 Å². The van der Waals surface area contributed by atoms with Gasteiger partial charge in [0.15, 0.2) is 0 Å². The van der Waals surface area contributed by atoms with E-state index in [1.54, 1.807) is 0 Å². The highest BCUT2D eigenvalue weighted by atomic mass is 16.3. The molecule has 1 aromatic rings. The molecule has 0 radical (unpaired) electrons. The largest absolute Gasteiger partial charge is 0.512 e. The lowest BCUT2D eigenvalue weighted by Gasteiger charge is -2.16. The summed E-state index contributed by atoms with van der Waals surface area (Å²) in [6.45, 7) is 5.48. The molecule has 0 aliphatic rings. The summed E-state index contributed by atoms with van der Waals surface area (Å²) >= 11 is 0. The Morgan fingerprint density at radius 1 is 1.47 bits per heavy atom. The molecular weight excluding hydrogens is 192 g/mol. The van der Waals surface area contributed by atoms with Gasteiger partial charge in [0.2, 0.25) is 5.78 Å². The molecule has 0 saturated heterocycles. The van der Waals surface area contributed by atoms with E-state index in [0.717, 1.165) is 0 Å². The minimum atomic E-state index is -0.428. The van der Waals surface area contributed by atoms with Gasteiger partial charge < -0.3 is 5.11 Å². The van der Waals surface area contributed by atoms with E-state index in [1.165, 1.54) is 24.7 Å². The maximum Gasteiger partial charge on any atom is 0.207 e. The Kier molecular flexibility index (Phi) is 3.19. The molecule has 0 fully saturated rings. The van der Waals surface area contributed by atoms with Gasteiger partial charge in [-0.2, -0.15) is 0 Å². The molecule has 0 aromatic carbocycles. The second-order valence-electron chi connectivity index (χ2n) is 4.24. The summed E-state index contributed by atoms with van der Waals surface area (Å²) in [5, 5.41) is 9.61. The fraction of sp³-hybridized carbons (Fsp3) is 0.364. The summed E-state index contributed by atoms with van der Waals surface area (Å²) < 4.78 is 0. The summed E-state index contributed by atoms with van der Waals surface area (Å²) in [7, 11) is 0. The number of ketones is 1. The number of nitrogens with zero attached hydrogens (tertiary/aromatic N) is 2. The summed E-state index contributed by atoms with van der Waals surface area (Å²) in [5.74, 6) is -0.268. The van der Waals surface area contributed by atoms with E-state index in [-0.39, 0.29) is 17.2 Å². The van der Waals surface area contributed by atoms with Crippen LogP contribution in [0.25, 0.3) is 0 Å². The second kappa shape index (κ2) is 4.21. The van der Waals surface area contributed by atoms with Gasteiger partial charge in [-0.3, -0.25) is 4.79 Å². The highest BCUT2D eigenvalue weighted by molar-refractivity contribution is 6.03. The fourth-order valence-corrected chi connectivity index (χ4v) is 0.851. The molecule has 80 valence electrons. The van der Waals surface area contributed by atoms with Crippen molar-refractivity contribution in [2.45, 2.75) is 20.8 Å². The quantitative estimate of drug-likeness (QED) is 0.457. The van der Waals surface area contributed by atoms with Crippen LogP contribution in [-0.2, 0) is 0 Å². The molecule has 4 heteroatoms. The molecule has 1 N–H and O–H groups in total. The van der Waals surface area contributed by atoms with Gasteiger partial charge in [-0.05, 0) is 6.07 Å². The van der Waals surface area contributed by atoms with Crippen LogP contribution < -0.4 is 0 Å². The molecule has 0 unspecified atom stereocenters. The van der Waals surface area contributed by atoms with Crippen LogP contribution in [0.5, 0.6) is 0 Å². The van der Waals surface area contributed by atoms with E-state index < -0.39 is 5.41 Å². The number of hydrogen-bond donors (Lipinski definition) is 1. The number of aliphatic hydroxyl groups excluding tert-OH is 1. The van der Waals surface area contributed by atoms with Gasteiger partial charge in [0.1, 0.15) is 17.8 Å². The first kappa shape index (κ1) is 11.4. The minimum absolute atomic E-state index is 0.0473. The maximum atomic E-state index is 11.6. The number of aliphatic hydroxyl groups is 1. The van der Waals surface area contributed by atoms with Crippen molar-refractivity contribution in [1.29, 1.82) is 0 Å². The molecule has 0 saturated carbocycles. The number of aromatic nitrogens is 2. The lowest BCUT2D eigenvalue weighted by atomic mass is 9.93. The molecule has 0 aliphatic heterocycles. The van der Waals surface area contributed by atoms with Gasteiger partial charge in [0.05, 0.1) is 0 Å². The summed E-state index contributed by atoms with van der Waals surface area (Å²) in [5.41, 5.74) is -0.149. The van der Waals surface area contributed by atoms with Crippen molar-refractivity contribution in [3.63, 3.8) is 0 Å². The molecule has 0 aliphatic carbocycles. The Hall–Kier alpha value is -1.71. The Balaban J connectivity index is 2.90. The van der Waals surface area contributed by atoms with Gasteiger partial charge in [-0.15, -0.1) is 0 Å². The molecule has 1 rings (SSSR count). The monoisotopic (exact) mass is 206 g/mol. The summed E-state index contributed by atoms with van der Waals surface area (Å²) in [4.78, 5) is 19.1. The molecule has 0 atom stereocenters. The summed E-state index contributed by atoms with van der Waals surface area (Å²) in [6, 6.07) is 1.51. The number of carbonyl (C=O) groups is 1. The molecule has 1 heterocycles. The van der Waals surface area contributed by atoms with Crippen LogP contribution in [0.3, 0.4) is 0 Å². The first-order valence-electron chi connectivity index (χ1n) is 4.63. The Morgan fingerprint density at radius 3 is 2.60 bits per heavy atom. The standard InChI is InChI=1S/C11H14N2O2/c1-11(2,3)10(15)6-9(14)8-4-5-12-7-13-8/h4-7,15H,1-3H3/b10-6-. The average Bonchev–Trinajstić information content (AvgIpc) is 2.17. The number of rotatable bonds is 2. The van der Waals surface area contributed by atoms with Crippen LogP contribution in [0.2, 0.25) is 0 Å². The number of carbonyl (C=O) groups excluding carboxylic acids is 1. The predicted molar refractivity (Wildman–Crippen MR) is 56.5 cm³/mol. The second-order valence-corrected chi connectivity index (χ2v) is 4.24. The van der Waals surface area contributed by atoms with Gasteiger partial charge in [0.25, 0.3) is 0 Å². The third kappa shape index (κ3) is 3.16. The Morgan fingerprint density at radius 2 is 2.13 bits per heavy atom. The van der Waals surface area contributed by atoms with Crippen LogP contribution in [0.4, 0.5) is 0 Å². The van der Waals surface area contributed by atoms with Crippen molar-refractivity contribution in [2.24, 2.45) is 5.41 Å². The van der Waals surface area contributed by atoms with Crippen molar-refractivity contribution in [3.05, 3.63) is 36.1 Å². The van der Waals surface area contributed by atoms with E-state index >= 15 is 0 Å².